The molecule has 1 amide bonds. The van der Waals surface area contributed by atoms with Crippen molar-refractivity contribution in [3.8, 4) is 0 Å². The maximum atomic E-state index is 12.3. The highest BCUT2D eigenvalue weighted by Crippen LogP contribution is 2.25. The van der Waals surface area contributed by atoms with Crippen LogP contribution in [0.15, 0.2) is 12.1 Å². The van der Waals surface area contributed by atoms with Crippen molar-refractivity contribution in [2.45, 2.75) is 32.1 Å². The van der Waals surface area contributed by atoms with Crippen LogP contribution in [0.1, 0.15) is 42.6 Å². The lowest BCUT2D eigenvalue weighted by molar-refractivity contribution is 0.0755. The number of nitrogens with zero attached hydrogens (tertiary/aromatic N) is 2. The van der Waals surface area contributed by atoms with Crippen molar-refractivity contribution in [1.82, 2.24) is 9.88 Å². The maximum Gasteiger partial charge on any atom is 0.273 e. The van der Waals surface area contributed by atoms with Gasteiger partial charge in [-0.2, -0.15) is 0 Å². The molecule has 0 bridgehead atoms. The van der Waals surface area contributed by atoms with Crippen LogP contribution < -0.4 is 0 Å². The molecule has 0 N–H and O–H groups in total. The molecule has 104 valence electrons. The van der Waals surface area contributed by atoms with Gasteiger partial charge in [0.05, 0.1) is 5.02 Å². The summed E-state index contributed by atoms with van der Waals surface area (Å²) in [7, 11) is 1.80. The number of carbonyl (C=O) groups excluding carboxylic acids is 1. The number of hydrogen-bond acceptors (Lipinski definition) is 2. The quantitative estimate of drug-likeness (QED) is 0.789. The molecule has 0 aliphatic heterocycles. The summed E-state index contributed by atoms with van der Waals surface area (Å²) < 4.78 is 0. The highest BCUT2D eigenvalue weighted by molar-refractivity contribution is 6.34. The van der Waals surface area contributed by atoms with Crippen molar-refractivity contribution in [3.63, 3.8) is 0 Å². The van der Waals surface area contributed by atoms with Crippen molar-refractivity contribution in [3.05, 3.63) is 28.0 Å². The van der Waals surface area contributed by atoms with Gasteiger partial charge in [0.15, 0.2) is 0 Å². The van der Waals surface area contributed by atoms with Gasteiger partial charge in [-0.3, -0.25) is 4.79 Å². The summed E-state index contributed by atoms with van der Waals surface area (Å²) in [5, 5.41) is 0.642. The van der Waals surface area contributed by atoms with Gasteiger partial charge in [0.2, 0.25) is 0 Å². The first-order valence-corrected chi connectivity index (χ1v) is 7.41. The maximum absolute atomic E-state index is 12.3. The van der Waals surface area contributed by atoms with Gasteiger partial charge >= 0.3 is 0 Å². The highest BCUT2D eigenvalue weighted by Gasteiger charge is 2.21. The molecule has 1 aliphatic rings. The van der Waals surface area contributed by atoms with E-state index in [-0.39, 0.29) is 11.6 Å². The molecule has 1 aliphatic carbocycles. The minimum Gasteiger partial charge on any atom is -0.340 e. The second-order valence-electron chi connectivity index (χ2n) is 5.15. The number of amides is 1. The summed E-state index contributed by atoms with van der Waals surface area (Å²) >= 11 is 11.8. The van der Waals surface area contributed by atoms with E-state index in [2.05, 4.69) is 4.98 Å². The minimum absolute atomic E-state index is 0.155. The lowest BCUT2D eigenvalue weighted by Gasteiger charge is -2.27. The van der Waals surface area contributed by atoms with E-state index in [4.69, 9.17) is 23.2 Å². The smallest absolute Gasteiger partial charge is 0.273 e. The second-order valence-corrected chi connectivity index (χ2v) is 5.95. The van der Waals surface area contributed by atoms with Crippen LogP contribution >= 0.6 is 23.2 Å². The average Bonchev–Trinajstić information content (AvgIpc) is 2.42. The van der Waals surface area contributed by atoms with Crippen molar-refractivity contribution < 1.29 is 4.79 Å². The topological polar surface area (TPSA) is 33.2 Å². The van der Waals surface area contributed by atoms with Gasteiger partial charge in [0, 0.05) is 13.6 Å². The fraction of sp³-hybridized carbons (Fsp3) is 0.571. The van der Waals surface area contributed by atoms with Crippen LogP contribution in [0, 0.1) is 5.92 Å². The fourth-order valence-electron chi connectivity index (χ4n) is 2.59. The first-order chi connectivity index (χ1) is 9.08. The zero-order valence-electron chi connectivity index (χ0n) is 11.0. The van der Waals surface area contributed by atoms with Crippen LogP contribution in [0.5, 0.6) is 0 Å². The number of rotatable bonds is 3. The van der Waals surface area contributed by atoms with Crippen molar-refractivity contribution >= 4 is 29.1 Å². The van der Waals surface area contributed by atoms with Gasteiger partial charge in [-0.15, -0.1) is 0 Å². The Labute approximate surface area is 123 Å². The lowest BCUT2D eigenvalue weighted by Crippen LogP contribution is -2.33. The van der Waals surface area contributed by atoms with E-state index in [9.17, 15) is 4.79 Å². The molecule has 1 saturated carbocycles. The van der Waals surface area contributed by atoms with Crippen LogP contribution in [0.25, 0.3) is 0 Å². The Bertz CT molecular complexity index is 459. The Balaban J connectivity index is 2.03. The number of carbonyl (C=O) groups is 1. The predicted molar refractivity (Wildman–Crippen MR) is 77.8 cm³/mol. The van der Waals surface area contributed by atoms with E-state index in [1.54, 1.807) is 24.1 Å². The predicted octanol–water partition coefficient (Wildman–Crippen LogP) is 4.04. The Morgan fingerprint density at radius 2 is 2.00 bits per heavy atom. The second kappa shape index (κ2) is 6.58. The first kappa shape index (κ1) is 14.6. The van der Waals surface area contributed by atoms with Crippen LogP contribution in [-0.2, 0) is 0 Å². The average molecular weight is 301 g/mol. The molecule has 0 saturated heterocycles. The van der Waals surface area contributed by atoms with Crippen molar-refractivity contribution in [1.29, 1.82) is 0 Å². The lowest BCUT2D eigenvalue weighted by atomic mass is 9.89. The Hall–Kier alpha value is -0.800. The van der Waals surface area contributed by atoms with Gasteiger partial charge in [-0.05, 0) is 30.9 Å². The van der Waals surface area contributed by atoms with Crippen LogP contribution in [-0.4, -0.2) is 29.4 Å². The fourth-order valence-corrected chi connectivity index (χ4v) is 2.92. The molecule has 1 aromatic heterocycles. The Morgan fingerprint density at radius 3 is 2.68 bits per heavy atom. The largest absolute Gasteiger partial charge is 0.340 e. The molecule has 0 atom stereocenters. The van der Waals surface area contributed by atoms with E-state index < -0.39 is 0 Å². The molecular weight excluding hydrogens is 283 g/mol. The molecule has 1 fully saturated rings. The molecule has 5 heteroatoms. The minimum atomic E-state index is -0.155. The summed E-state index contributed by atoms with van der Waals surface area (Å²) in [5.41, 5.74) is 0.243. The van der Waals surface area contributed by atoms with Gasteiger partial charge in [0.25, 0.3) is 5.91 Å². The van der Waals surface area contributed by atoms with Crippen LogP contribution in [0.4, 0.5) is 0 Å². The monoisotopic (exact) mass is 300 g/mol. The van der Waals surface area contributed by atoms with Crippen molar-refractivity contribution in [2.24, 2.45) is 5.92 Å². The third-order valence-corrected chi connectivity index (χ3v) is 4.13. The summed E-state index contributed by atoms with van der Waals surface area (Å²) in [4.78, 5) is 18.0. The molecule has 0 spiro atoms. The summed E-state index contributed by atoms with van der Waals surface area (Å²) in [6.07, 6.45) is 6.25. The standard InChI is InChI=1S/C14H18Cl2N2O/c1-18(9-10-5-3-2-4-6-10)14(19)13-11(15)7-8-12(16)17-13/h7-8,10H,2-6,9H2,1H3. The Kier molecular flexibility index (Phi) is 5.06. The van der Waals surface area contributed by atoms with E-state index in [0.29, 0.717) is 16.1 Å². The van der Waals surface area contributed by atoms with Crippen LogP contribution in [0.3, 0.4) is 0 Å². The molecule has 0 radical (unpaired) electrons. The number of halogens is 2. The van der Waals surface area contributed by atoms with Gasteiger partial charge < -0.3 is 4.90 Å². The van der Waals surface area contributed by atoms with E-state index in [1.165, 1.54) is 32.1 Å². The van der Waals surface area contributed by atoms with E-state index in [0.717, 1.165) is 6.54 Å². The number of hydrogen-bond donors (Lipinski definition) is 0. The molecule has 2 rings (SSSR count). The normalized spacial score (nSPS) is 16.4. The third-order valence-electron chi connectivity index (χ3n) is 3.62. The molecular formula is C14H18Cl2N2O. The molecule has 3 nitrogen and oxygen atoms in total. The summed E-state index contributed by atoms with van der Waals surface area (Å²) in [5.74, 6) is 0.443. The van der Waals surface area contributed by atoms with Crippen molar-refractivity contribution in [2.75, 3.05) is 13.6 Å². The number of aromatic nitrogens is 1. The Morgan fingerprint density at radius 1 is 1.32 bits per heavy atom. The summed E-state index contributed by atoms with van der Waals surface area (Å²) in [6.45, 7) is 0.767. The van der Waals surface area contributed by atoms with Crippen LogP contribution in [0.2, 0.25) is 10.2 Å². The molecule has 0 aromatic carbocycles. The zero-order chi connectivity index (χ0) is 13.8. The molecule has 1 heterocycles. The van der Waals surface area contributed by atoms with Gasteiger partial charge in [0.1, 0.15) is 10.8 Å². The van der Waals surface area contributed by atoms with E-state index in [1.807, 2.05) is 0 Å². The first-order valence-electron chi connectivity index (χ1n) is 6.65. The van der Waals surface area contributed by atoms with Gasteiger partial charge in [-0.1, -0.05) is 42.5 Å². The third kappa shape index (κ3) is 3.83. The SMILES string of the molecule is CN(CC1CCCCC1)C(=O)c1nc(Cl)ccc1Cl. The summed E-state index contributed by atoms with van der Waals surface area (Å²) in [6, 6.07) is 3.19. The highest BCUT2D eigenvalue weighted by atomic mass is 35.5. The zero-order valence-corrected chi connectivity index (χ0v) is 12.5. The molecule has 0 unspecified atom stereocenters. The number of pyridine rings is 1. The molecule has 1 aromatic rings. The van der Waals surface area contributed by atoms with Gasteiger partial charge in [-0.25, -0.2) is 4.98 Å². The molecule has 19 heavy (non-hydrogen) atoms. The van der Waals surface area contributed by atoms with E-state index >= 15 is 0 Å².